The number of hydrogen-bond acceptors (Lipinski definition) is 6. The van der Waals surface area contributed by atoms with Crippen molar-refractivity contribution in [1.82, 2.24) is 9.13 Å². The van der Waals surface area contributed by atoms with E-state index >= 15 is 0 Å². The Kier molecular flexibility index (Phi) is 4.87. The van der Waals surface area contributed by atoms with Gasteiger partial charge in [-0.2, -0.15) is 0 Å². The van der Waals surface area contributed by atoms with E-state index in [2.05, 4.69) is 0 Å². The normalized spacial score (nSPS) is 26.1. The van der Waals surface area contributed by atoms with E-state index < -0.39 is 42.4 Å². The highest BCUT2D eigenvalue weighted by molar-refractivity contribution is 5.22. The second-order valence-electron chi connectivity index (χ2n) is 6.15. The summed E-state index contributed by atoms with van der Waals surface area (Å²) in [4.78, 5) is 24.8. The van der Waals surface area contributed by atoms with Crippen molar-refractivity contribution < 1.29 is 20.1 Å². The summed E-state index contributed by atoms with van der Waals surface area (Å²) >= 11 is 0. The molecular weight excluding hydrogens is 328 g/mol. The molecular formula is C17H20N2O6. The predicted molar refractivity (Wildman–Crippen MR) is 88.3 cm³/mol. The standard InChI is InChI=1S/C17H20N2O6/c1-10-3-2-4-11(7-10)8-19-13(21)5-6-18(17(19)24)16-15(23)14(22)12(9-20)25-16/h2-7,12,14-16,20,22-23H,8-9H2,1H3/t12-,14-,15+,16-/m1/s1. The van der Waals surface area contributed by atoms with Crippen LogP contribution in [0.4, 0.5) is 0 Å². The second kappa shape index (κ2) is 6.93. The van der Waals surface area contributed by atoms with Crippen LogP contribution < -0.4 is 11.2 Å². The van der Waals surface area contributed by atoms with E-state index in [4.69, 9.17) is 9.84 Å². The van der Waals surface area contributed by atoms with Gasteiger partial charge in [0.25, 0.3) is 5.56 Å². The number of aromatic nitrogens is 2. The lowest BCUT2D eigenvalue weighted by Gasteiger charge is -2.18. The molecule has 0 saturated carbocycles. The summed E-state index contributed by atoms with van der Waals surface area (Å²) in [5, 5.41) is 29.1. The topological polar surface area (TPSA) is 114 Å². The van der Waals surface area contributed by atoms with Gasteiger partial charge in [0, 0.05) is 12.3 Å². The first-order chi connectivity index (χ1) is 11.9. The van der Waals surface area contributed by atoms with Crippen molar-refractivity contribution in [3.8, 4) is 0 Å². The van der Waals surface area contributed by atoms with Crippen LogP contribution in [0.5, 0.6) is 0 Å². The second-order valence-corrected chi connectivity index (χ2v) is 6.15. The van der Waals surface area contributed by atoms with E-state index in [0.29, 0.717) is 0 Å². The van der Waals surface area contributed by atoms with Gasteiger partial charge < -0.3 is 20.1 Å². The summed E-state index contributed by atoms with van der Waals surface area (Å²) in [6.45, 7) is 1.50. The third-order valence-corrected chi connectivity index (χ3v) is 4.31. The van der Waals surface area contributed by atoms with Gasteiger partial charge in [-0.1, -0.05) is 29.8 Å². The van der Waals surface area contributed by atoms with E-state index in [0.717, 1.165) is 20.3 Å². The first-order valence-electron chi connectivity index (χ1n) is 7.92. The Morgan fingerprint density at radius 1 is 1.16 bits per heavy atom. The molecule has 4 atom stereocenters. The summed E-state index contributed by atoms with van der Waals surface area (Å²) in [5.74, 6) is 0. The molecule has 134 valence electrons. The quantitative estimate of drug-likeness (QED) is 0.652. The molecule has 0 unspecified atom stereocenters. The smallest absolute Gasteiger partial charge is 0.333 e. The van der Waals surface area contributed by atoms with Gasteiger partial charge in [-0.05, 0) is 12.5 Å². The molecule has 0 aliphatic carbocycles. The van der Waals surface area contributed by atoms with Crippen LogP contribution in [0, 0.1) is 6.92 Å². The zero-order valence-electron chi connectivity index (χ0n) is 13.6. The number of rotatable bonds is 4. The van der Waals surface area contributed by atoms with Gasteiger partial charge in [-0.3, -0.25) is 13.9 Å². The minimum atomic E-state index is -1.39. The monoisotopic (exact) mass is 348 g/mol. The van der Waals surface area contributed by atoms with Gasteiger partial charge in [-0.25, -0.2) is 4.79 Å². The van der Waals surface area contributed by atoms with Gasteiger partial charge in [0.05, 0.1) is 13.2 Å². The van der Waals surface area contributed by atoms with Crippen LogP contribution in [0.15, 0.2) is 46.1 Å². The third kappa shape index (κ3) is 3.29. The number of ether oxygens (including phenoxy) is 1. The van der Waals surface area contributed by atoms with Gasteiger partial charge >= 0.3 is 5.69 Å². The lowest BCUT2D eigenvalue weighted by atomic mass is 10.1. The van der Waals surface area contributed by atoms with Crippen molar-refractivity contribution in [2.75, 3.05) is 6.61 Å². The molecule has 2 aromatic rings. The fourth-order valence-corrected chi connectivity index (χ4v) is 2.97. The first kappa shape index (κ1) is 17.6. The number of aliphatic hydroxyl groups excluding tert-OH is 3. The minimum Gasteiger partial charge on any atom is -0.394 e. The van der Waals surface area contributed by atoms with Crippen molar-refractivity contribution in [3.63, 3.8) is 0 Å². The summed E-state index contributed by atoms with van der Waals surface area (Å²) in [5.41, 5.74) is 0.654. The molecule has 8 heteroatoms. The molecule has 3 N–H and O–H groups in total. The largest absolute Gasteiger partial charge is 0.394 e. The summed E-state index contributed by atoms with van der Waals surface area (Å²) in [6.07, 6.45) is -3.66. The van der Waals surface area contributed by atoms with Crippen LogP contribution in [-0.4, -0.2) is 49.4 Å². The molecule has 1 aliphatic heterocycles. The van der Waals surface area contributed by atoms with Gasteiger partial charge in [0.2, 0.25) is 0 Å². The van der Waals surface area contributed by atoms with E-state index in [-0.39, 0.29) is 6.54 Å². The maximum Gasteiger partial charge on any atom is 0.333 e. The molecule has 0 bridgehead atoms. The highest BCUT2D eigenvalue weighted by Gasteiger charge is 2.43. The van der Waals surface area contributed by atoms with Crippen LogP contribution in [0.1, 0.15) is 17.4 Å². The molecule has 1 aromatic heterocycles. The van der Waals surface area contributed by atoms with Gasteiger partial charge in [-0.15, -0.1) is 0 Å². The lowest BCUT2D eigenvalue weighted by molar-refractivity contribution is -0.0555. The Balaban J connectivity index is 1.98. The molecule has 1 aromatic carbocycles. The molecule has 1 fully saturated rings. The summed E-state index contributed by atoms with van der Waals surface area (Å²) in [6, 6.07) is 8.63. The zero-order chi connectivity index (χ0) is 18.1. The third-order valence-electron chi connectivity index (χ3n) is 4.31. The Bertz CT molecular complexity index is 874. The molecule has 25 heavy (non-hydrogen) atoms. The van der Waals surface area contributed by atoms with Crippen molar-refractivity contribution in [2.24, 2.45) is 0 Å². The zero-order valence-corrected chi connectivity index (χ0v) is 13.6. The van der Waals surface area contributed by atoms with Crippen LogP contribution in [0.2, 0.25) is 0 Å². The van der Waals surface area contributed by atoms with E-state index in [1.54, 1.807) is 0 Å². The number of aryl methyl sites for hydroxylation is 1. The van der Waals surface area contributed by atoms with Crippen LogP contribution in [0.3, 0.4) is 0 Å². The summed E-state index contributed by atoms with van der Waals surface area (Å²) in [7, 11) is 0. The molecule has 8 nitrogen and oxygen atoms in total. The molecule has 1 aliphatic rings. The SMILES string of the molecule is Cc1cccc(Cn2c(=O)ccn([C@@H]3O[C@H](CO)[C@@H](O)[C@@H]3O)c2=O)c1. The minimum absolute atomic E-state index is 0.0784. The number of nitrogens with zero attached hydrogens (tertiary/aromatic N) is 2. The first-order valence-corrected chi connectivity index (χ1v) is 7.92. The van der Waals surface area contributed by atoms with Crippen molar-refractivity contribution in [2.45, 2.75) is 38.0 Å². The Morgan fingerprint density at radius 3 is 2.56 bits per heavy atom. The average Bonchev–Trinajstić information content (AvgIpc) is 2.87. The van der Waals surface area contributed by atoms with Crippen molar-refractivity contribution >= 4 is 0 Å². The fourth-order valence-electron chi connectivity index (χ4n) is 2.97. The molecule has 2 heterocycles. The lowest BCUT2D eigenvalue weighted by Crippen LogP contribution is -2.43. The van der Waals surface area contributed by atoms with Crippen LogP contribution in [0.25, 0.3) is 0 Å². The number of aliphatic hydroxyl groups is 3. The van der Waals surface area contributed by atoms with Crippen LogP contribution in [-0.2, 0) is 11.3 Å². The molecule has 0 radical (unpaired) electrons. The van der Waals surface area contributed by atoms with E-state index in [1.165, 1.54) is 12.3 Å². The number of hydrogen-bond donors (Lipinski definition) is 3. The Morgan fingerprint density at radius 2 is 1.92 bits per heavy atom. The summed E-state index contributed by atoms with van der Waals surface area (Å²) < 4.78 is 7.45. The van der Waals surface area contributed by atoms with E-state index in [9.17, 15) is 19.8 Å². The molecule has 1 saturated heterocycles. The van der Waals surface area contributed by atoms with Crippen molar-refractivity contribution in [3.05, 3.63) is 68.5 Å². The van der Waals surface area contributed by atoms with Gasteiger partial charge in [0.1, 0.15) is 18.3 Å². The molecule has 3 rings (SSSR count). The fraction of sp³-hybridized carbons (Fsp3) is 0.412. The van der Waals surface area contributed by atoms with Crippen LogP contribution >= 0.6 is 0 Å². The van der Waals surface area contributed by atoms with E-state index in [1.807, 2.05) is 31.2 Å². The number of benzene rings is 1. The highest BCUT2D eigenvalue weighted by Crippen LogP contribution is 2.27. The molecule has 0 spiro atoms. The Hall–Kier alpha value is -2.26. The maximum absolute atomic E-state index is 12.7. The maximum atomic E-state index is 12.7. The Labute approximate surface area is 143 Å². The molecule has 0 amide bonds. The average molecular weight is 348 g/mol. The van der Waals surface area contributed by atoms with Crippen molar-refractivity contribution in [1.29, 1.82) is 0 Å². The highest BCUT2D eigenvalue weighted by atomic mass is 16.6. The van der Waals surface area contributed by atoms with Gasteiger partial charge in [0.15, 0.2) is 6.23 Å². The predicted octanol–water partition coefficient (Wildman–Crippen LogP) is -1.02.